The summed E-state index contributed by atoms with van der Waals surface area (Å²) in [7, 11) is 0. The maximum atomic E-state index is 14.6. The molecule has 2 unspecified atom stereocenters. The van der Waals surface area contributed by atoms with Crippen molar-refractivity contribution in [3.8, 4) is 10.4 Å². The fraction of sp³-hybridized carbons (Fsp3) is 0.267. The molecule has 6 rings (SSSR count). The van der Waals surface area contributed by atoms with Crippen molar-refractivity contribution in [2.75, 3.05) is 23.7 Å². The molecule has 2 atom stereocenters. The van der Waals surface area contributed by atoms with E-state index in [-0.39, 0.29) is 40.3 Å². The second-order valence-corrected chi connectivity index (χ2v) is 12.6. The van der Waals surface area contributed by atoms with E-state index in [9.17, 15) is 27.6 Å². The minimum Gasteiger partial charge on any atom is -0.352 e. The number of aromatic amines is 1. The van der Waals surface area contributed by atoms with E-state index in [0.29, 0.717) is 39.2 Å². The largest absolute Gasteiger partial charge is 0.417 e. The van der Waals surface area contributed by atoms with E-state index < -0.39 is 17.4 Å². The number of thioether (sulfide) groups is 1. The summed E-state index contributed by atoms with van der Waals surface area (Å²) in [6, 6.07) is 7.00. The van der Waals surface area contributed by atoms with Crippen LogP contribution in [-0.4, -0.2) is 56.3 Å². The first kappa shape index (κ1) is 31.6. The van der Waals surface area contributed by atoms with Gasteiger partial charge in [0.05, 0.1) is 16.1 Å². The van der Waals surface area contributed by atoms with Crippen LogP contribution < -0.4 is 16.1 Å². The average Bonchev–Trinajstić information content (AvgIpc) is 3.27. The Balaban J connectivity index is 0.000000484. The summed E-state index contributed by atoms with van der Waals surface area (Å²) >= 11 is 8.46. The number of carbonyl (C=O) groups is 1. The average molecular weight is 662 g/mol. The highest BCUT2D eigenvalue weighted by molar-refractivity contribution is 7.99. The van der Waals surface area contributed by atoms with Gasteiger partial charge in [-0.3, -0.25) is 14.2 Å². The van der Waals surface area contributed by atoms with Crippen LogP contribution in [0.4, 0.5) is 19.0 Å². The molecule has 4 aromatic rings. The number of aromatic nitrogens is 3. The van der Waals surface area contributed by atoms with Crippen molar-refractivity contribution in [1.82, 2.24) is 19.4 Å². The van der Waals surface area contributed by atoms with E-state index in [0.717, 1.165) is 17.4 Å². The number of hydrogen-bond donors (Lipinski definition) is 1. The number of nitrogens with one attached hydrogen (secondary N) is 1. The number of H-pyrrole nitrogens is 1. The zero-order valence-corrected chi connectivity index (χ0v) is 26.0. The number of anilines is 1. The molecule has 0 aliphatic carbocycles. The molecule has 1 fully saturated rings. The van der Waals surface area contributed by atoms with Crippen molar-refractivity contribution in [1.29, 1.82) is 0 Å². The Kier molecular flexibility index (Phi) is 9.10. The standard InChI is InChI=1S/C25H22ClF3N4O2S2.C5H5NO/c1-4-19(34)33-13(2)10-31(11-14(33)3)23-16-9-17(25(27,28)29)20(18-8-15(26)12-37-18)22-21(16)32(24(35)30-23)6-5-7-36-22;7-5-3-1-2-4-6-5/h4-6,8-9,12-14H,1,7,10-11H2,2-3H3;1-4H,(H,6,7). The van der Waals surface area contributed by atoms with Gasteiger partial charge in [0.15, 0.2) is 0 Å². The van der Waals surface area contributed by atoms with Crippen LogP contribution in [0.1, 0.15) is 19.4 Å². The molecule has 5 heterocycles. The summed E-state index contributed by atoms with van der Waals surface area (Å²) in [5.74, 6) is 0.343. The number of thiophene rings is 1. The van der Waals surface area contributed by atoms with Crippen molar-refractivity contribution >= 4 is 63.5 Å². The molecule has 230 valence electrons. The monoisotopic (exact) mass is 661 g/mol. The molecule has 2 aliphatic heterocycles. The predicted molar refractivity (Wildman–Crippen MR) is 171 cm³/mol. The molecule has 1 aromatic carbocycles. The van der Waals surface area contributed by atoms with E-state index >= 15 is 0 Å². The predicted octanol–water partition coefficient (Wildman–Crippen LogP) is 6.36. The van der Waals surface area contributed by atoms with Crippen molar-refractivity contribution in [2.45, 2.75) is 37.0 Å². The Morgan fingerprint density at radius 3 is 2.45 bits per heavy atom. The summed E-state index contributed by atoms with van der Waals surface area (Å²) in [6.45, 7) is 7.87. The maximum Gasteiger partial charge on any atom is 0.417 e. The third-order valence-electron chi connectivity index (χ3n) is 7.17. The summed E-state index contributed by atoms with van der Waals surface area (Å²) < 4.78 is 45.0. The number of halogens is 4. The van der Waals surface area contributed by atoms with Crippen molar-refractivity contribution in [3.63, 3.8) is 0 Å². The van der Waals surface area contributed by atoms with Crippen LogP contribution in [0.3, 0.4) is 0 Å². The second-order valence-electron chi connectivity index (χ2n) is 10.2. The highest BCUT2D eigenvalue weighted by Crippen LogP contribution is 2.49. The van der Waals surface area contributed by atoms with E-state index in [1.165, 1.54) is 34.5 Å². The van der Waals surface area contributed by atoms with Crippen LogP contribution in [0.5, 0.6) is 0 Å². The minimum absolute atomic E-state index is 0.0130. The summed E-state index contributed by atoms with van der Waals surface area (Å²) in [5, 5.41) is 2.17. The summed E-state index contributed by atoms with van der Waals surface area (Å²) in [6.07, 6.45) is 1.48. The molecule has 1 amide bonds. The number of carbonyl (C=O) groups excluding carboxylic acids is 1. The van der Waals surface area contributed by atoms with Crippen LogP contribution in [-0.2, 0) is 11.0 Å². The van der Waals surface area contributed by atoms with Crippen LogP contribution in [0, 0.1) is 0 Å². The number of amides is 1. The van der Waals surface area contributed by atoms with Crippen LogP contribution in [0.25, 0.3) is 27.5 Å². The highest BCUT2D eigenvalue weighted by Gasteiger charge is 2.39. The number of nitrogens with zero attached hydrogens (tertiary/aromatic N) is 4. The van der Waals surface area contributed by atoms with Gasteiger partial charge >= 0.3 is 11.9 Å². The zero-order valence-electron chi connectivity index (χ0n) is 23.6. The number of piperazine rings is 1. The number of pyridine rings is 1. The lowest BCUT2D eigenvalue weighted by molar-refractivity contribution is -0.137. The normalized spacial score (nSPS) is 18.0. The lowest BCUT2D eigenvalue weighted by atomic mass is 10.0. The smallest absolute Gasteiger partial charge is 0.352 e. The fourth-order valence-corrected chi connectivity index (χ4v) is 7.75. The maximum absolute atomic E-state index is 14.6. The van der Waals surface area contributed by atoms with Crippen molar-refractivity contribution < 1.29 is 18.0 Å². The number of alkyl halides is 3. The van der Waals surface area contributed by atoms with E-state index in [1.807, 2.05) is 13.8 Å². The molecular weight excluding hydrogens is 635 g/mol. The zero-order chi connectivity index (χ0) is 31.8. The first-order valence-corrected chi connectivity index (χ1v) is 15.7. The Labute approximate surface area is 263 Å². The summed E-state index contributed by atoms with van der Waals surface area (Å²) in [5.41, 5.74) is -1.05. The van der Waals surface area contributed by atoms with Gasteiger partial charge in [-0.25, -0.2) is 4.79 Å². The Bertz CT molecular complexity index is 1850. The first-order chi connectivity index (χ1) is 20.9. The fourth-order valence-electron chi connectivity index (χ4n) is 5.48. The van der Waals surface area contributed by atoms with Gasteiger partial charge in [0, 0.05) is 75.5 Å². The van der Waals surface area contributed by atoms with Gasteiger partial charge < -0.3 is 14.8 Å². The van der Waals surface area contributed by atoms with Gasteiger partial charge in [0.25, 0.3) is 0 Å². The van der Waals surface area contributed by atoms with Gasteiger partial charge in [-0.1, -0.05) is 30.3 Å². The van der Waals surface area contributed by atoms with Crippen LogP contribution in [0.15, 0.2) is 75.1 Å². The summed E-state index contributed by atoms with van der Waals surface area (Å²) in [4.78, 5) is 46.8. The van der Waals surface area contributed by atoms with Gasteiger partial charge in [0.2, 0.25) is 11.5 Å². The molecular formula is C30H27ClF3N5O3S2. The third kappa shape index (κ3) is 6.21. The number of hydrogen-bond acceptors (Lipinski definition) is 7. The molecule has 1 N–H and O–H groups in total. The van der Waals surface area contributed by atoms with E-state index in [4.69, 9.17) is 11.6 Å². The lowest BCUT2D eigenvalue weighted by Gasteiger charge is -2.44. The lowest BCUT2D eigenvalue weighted by Crippen LogP contribution is -2.58. The quantitative estimate of drug-likeness (QED) is 0.257. The van der Waals surface area contributed by atoms with Crippen LogP contribution in [0.2, 0.25) is 5.02 Å². The molecule has 44 heavy (non-hydrogen) atoms. The highest BCUT2D eigenvalue weighted by atomic mass is 35.5. The Hall–Kier alpha value is -3.81. The van der Waals surface area contributed by atoms with Gasteiger partial charge in [-0.05, 0) is 38.1 Å². The molecule has 2 aliphatic rings. The Morgan fingerprint density at radius 1 is 1.18 bits per heavy atom. The molecule has 14 heteroatoms. The molecule has 0 spiro atoms. The molecule has 0 radical (unpaired) electrons. The second kappa shape index (κ2) is 12.7. The van der Waals surface area contributed by atoms with E-state index in [1.54, 1.807) is 45.8 Å². The number of rotatable bonds is 3. The van der Waals surface area contributed by atoms with Gasteiger partial charge in [-0.2, -0.15) is 18.2 Å². The SMILES string of the molecule is C=CC(=O)N1C(C)CN(c2nc(=O)n3c4c(c(-c5cc(Cl)cs5)c(C(F)(F)F)cc24)SCC=C3)CC1C.O=c1cccc[nH]1. The first-order valence-electron chi connectivity index (χ1n) is 13.5. The molecule has 1 saturated heterocycles. The van der Waals surface area contributed by atoms with Crippen molar-refractivity contribution in [2.24, 2.45) is 0 Å². The van der Waals surface area contributed by atoms with Crippen LogP contribution >= 0.6 is 34.7 Å². The molecule has 8 nitrogen and oxygen atoms in total. The number of benzene rings is 1. The third-order valence-corrected chi connectivity index (χ3v) is 9.51. The minimum atomic E-state index is -4.66. The molecule has 0 bridgehead atoms. The topological polar surface area (TPSA) is 91.3 Å². The Morgan fingerprint density at radius 2 is 1.91 bits per heavy atom. The van der Waals surface area contributed by atoms with E-state index in [2.05, 4.69) is 16.5 Å². The molecule has 3 aromatic heterocycles. The van der Waals surface area contributed by atoms with Gasteiger partial charge in [0.1, 0.15) is 5.82 Å². The van der Waals surface area contributed by atoms with Gasteiger partial charge in [-0.15, -0.1) is 23.1 Å². The molecule has 0 saturated carbocycles. The van der Waals surface area contributed by atoms with Crippen molar-refractivity contribution in [3.05, 3.63) is 92.1 Å².